The topological polar surface area (TPSA) is 63.6 Å². The molecule has 4 heteroatoms. The van der Waals surface area contributed by atoms with E-state index in [2.05, 4.69) is 32.9 Å². The van der Waals surface area contributed by atoms with Crippen molar-refractivity contribution in [3.05, 3.63) is 59.7 Å². The van der Waals surface area contributed by atoms with E-state index in [4.69, 9.17) is 4.74 Å². The number of aliphatic hydroxyl groups excluding tert-OH is 1. The minimum absolute atomic E-state index is 0.159. The van der Waals surface area contributed by atoms with Crippen LogP contribution in [0.2, 0.25) is 0 Å². The molecule has 0 heterocycles. The van der Waals surface area contributed by atoms with Crippen molar-refractivity contribution >= 4 is 11.8 Å². The monoisotopic (exact) mass is 396 g/mol. The minimum Gasteiger partial charge on any atom is -0.460 e. The third-order valence-electron chi connectivity index (χ3n) is 6.55. The predicted molar refractivity (Wildman–Crippen MR) is 113 cm³/mol. The number of aliphatic hydroxyl groups is 1. The Morgan fingerprint density at radius 3 is 2.59 bits per heavy atom. The molecular weight excluding hydrogens is 364 g/mol. The first kappa shape index (κ1) is 21.5. The molecule has 1 N–H and O–H groups in total. The highest BCUT2D eigenvalue weighted by atomic mass is 16.6. The van der Waals surface area contributed by atoms with E-state index in [0.29, 0.717) is 17.9 Å². The van der Waals surface area contributed by atoms with Crippen molar-refractivity contribution < 1.29 is 19.4 Å². The zero-order chi connectivity index (χ0) is 21.0. The van der Waals surface area contributed by atoms with Gasteiger partial charge in [-0.25, -0.2) is 4.79 Å². The van der Waals surface area contributed by atoms with E-state index in [1.807, 2.05) is 30.4 Å². The lowest BCUT2D eigenvalue weighted by Gasteiger charge is -2.44. The Kier molecular flexibility index (Phi) is 6.74. The lowest BCUT2D eigenvalue weighted by atomic mass is 9.64. The summed E-state index contributed by atoms with van der Waals surface area (Å²) < 4.78 is 5.83. The van der Waals surface area contributed by atoms with Gasteiger partial charge in [-0.1, -0.05) is 75.8 Å². The summed E-state index contributed by atoms with van der Waals surface area (Å²) in [6.07, 6.45) is 6.95. The fourth-order valence-corrected chi connectivity index (χ4v) is 4.64. The standard InChI is InChI=1S/C25H32O4/c1-17-13-14-20(25(2,3)19-11-5-4-6-12-19)23(15-17)29-24(28)22(27)16-21(26)18-9-7-8-10-18/h4-9,11-12,17,20,22-23,27H,10,13-16H2,1-3H3/t17?,20?,22-,23?/m1/s1. The molecule has 0 aliphatic heterocycles. The number of allylic oxidation sites excluding steroid dienone is 4. The minimum atomic E-state index is -1.42. The summed E-state index contributed by atoms with van der Waals surface area (Å²) >= 11 is 0. The molecule has 1 aromatic rings. The van der Waals surface area contributed by atoms with Gasteiger partial charge < -0.3 is 9.84 Å². The van der Waals surface area contributed by atoms with Crippen LogP contribution >= 0.6 is 0 Å². The Bertz CT molecular complexity index is 790. The molecule has 1 aromatic carbocycles. The first-order valence-corrected chi connectivity index (χ1v) is 10.6. The van der Waals surface area contributed by atoms with Crippen LogP contribution < -0.4 is 0 Å². The van der Waals surface area contributed by atoms with E-state index in [9.17, 15) is 14.7 Å². The molecule has 0 amide bonds. The van der Waals surface area contributed by atoms with Crippen LogP contribution in [0.1, 0.15) is 58.4 Å². The molecule has 0 saturated heterocycles. The SMILES string of the molecule is CC1CCC(C(C)(C)c2ccccc2)C(OC(=O)[C@H](O)CC(=O)C2=CC=CC2)C1. The Hall–Kier alpha value is -2.20. The lowest BCUT2D eigenvalue weighted by Crippen LogP contribution is -2.45. The van der Waals surface area contributed by atoms with Crippen molar-refractivity contribution in [1.29, 1.82) is 0 Å². The van der Waals surface area contributed by atoms with Crippen molar-refractivity contribution in [3.63, 3.8) is 0 Å². The summed E-state index contributed by atoms with van der Waals surface area (Å²) in [5, 5.41) is 10.3. The van der Waals surface area contributed by atoms with Gasteiger partial charge in [-0.05, 0) is 41.7 Å². The molecule has 3 rings (SSSR count). The molecule has 0 radical (unpaired) electrons. The van der Waals surface area contributed by atoms with E-state index in [-0.39, 0.29) is 29.6 Å². The van der Waals surface area contributed by atoms with Gasteiger partial charge >= 0.3 is 5.97 Å². The number of esters is 1. The molecule has 0 bridgehead atoms. The summed E-state index contributed by atoms with van der Waals surface area (Å²) in [5.41, 5.74) is 1.69. The van der Waals surface area contributed by atoms with Gasteiger partial charge in [0.25, 0.3) is 0 Å². The Balaban J connectivity index is 1.68. The zero-order valence-electron chi connectivity index (χ0n) is 17.6. The summed E-state index contributed by atoms with van der Waals surface area (Å²) in [6, 6.07) is 10.3. The summed E-state index contributed by atoms with van der Waals surface area (Å²) in [4.78, 5) is 24.9. The van der Waals surface area contributed by atoms with Crippen LogP contribution in [-0.4, -0.2) is 29.1 Å². The van der Waals surface area contributed by atoms with Gasteiger partial charge in [0.15, 0.2) is 11.9 Å². The van der Waals surface area contributed by atoms with Crippen molar-refractivity contribution in [2.45, 2.75) is 70.5 Å². The lowest BCUT2D eigenvalue weighted by molar-refractivity contribution is -0.167. The number of ketones is 1. The molecule has 1 saturated carbocycles. The zero-order valence-corrected chi connectivity index (χ0v) is 17.6. The van der Waals surface area contributed by atoms with Crippen molar-refractivity contribution in [2.75, 3.05) is 0 Å². The van der Waals surface area contributed by atoms with Crippen LogP contribution in [0.5, 0.6) is 0 Å². The second-order valence-electron chi connectivity index (χ2n) is 9.06. The van der Waals surface area contributed by atoms with Crippen LogP contribution in [0.15, 0.2) is 54.1 Å². The van der Waals surface area contributed by atoms with Crippen molar-refractivity contribution in [3.8, 4) is 0 Å². The molecule has 1 fully saturated rings. The second kappa shape index (κ2) is 9.08. The van der Waals surface area contributed by atoms with Crippen LogP contribution in [0.3, 0.4) is 0 Å². The molecular formula is C25H32O4. The molecule has 4 atom stereocenters. The second-order valence-corrected chi connectivity index (χ2v) is 9.06. The number of carbonyl (C=O) groups excluding carboxylic acids is 2. The van der Waals surface area contributed by atoms with E-state index in [0.717, 1.165) is 19.3 Å². The molecule has 2 aliphatic carbocycles. The molecule has 0 aromatic heterocycles. The van der Waals surface area contributed by atoms with Gasteiger partial charge in [0.2, 0.25) is 0 Å². The van der Waals surface area contributed by atoms with Gasteiger partial charge in [-0.3, -0.25) is 4.79 Å². The summed E-state index contributed by atoms with van der Waals surface area (Å²) in [6.45, 7) is 6.57. The Morgan fingerprint density at radius 1 is 1.21 bits per heavy atom. The molecule has 2 aliphatic rings. The fourth-order valence-electron chi connectivity index (χ4n) is 4.64. The quantitative estimate of drug-likeness (QED) is 0.689. The number of ether oxygens (including phenoxy) is 1. The maximum absolute atomic E-state index is 12.6. The molecule has 4 nitrogen and oxygen atoms in total. The van der Waals surface area contributed by atoms with Gasteiger partial charge in [0.1, 0.15) is 6.10 Å². The largest absolute Gasteiger partial charge is 0.460 e. The Labute approximate surface area is 173 Å². The smallest absolute Gasteiger partial charge is 0.335 e. The predicted octanol–water partition coefficient (Wildman–Crippen LogP) is 4.52. The average molecular weight is 397 g/mol. The third-order valence-corrected chi connectivity index (χ3v) is 6.55. The number of rotatable bonds is 7. The molecule has 0 spiro atoms. The maximum Gasteiger partial charge on any atom is 0.335 e. The van der Waals surface area contributed by atoms with Crippen molar-refractivity contribution in [1.82, 2.24) is 0 Å². The number of hydrogen-bond donors (Lipinski definition) is 1. The van der Waals surface area contributed by atoms with Gasteiger partial charge in [-0.2, -0.15) is 0 Å². The van der Waals surface area contributed by atoms with E-state index < -0.39 is 12.1 Å². The van der Waals surface area contributed by atoms with Crippen LogP contribution in [0.4, 0.5) is 0 Å². The molecule has 156 valence electrons. The van der Waals surface area contributed by atoms with Crippen LogP contribution in [0, 0.1) is 11.8 Å². The Morgan fingerprint density at radius 2 is 1.93 bits per heavy atom. The highest BCUT2D eigenvalue weighted by Gasteiger charge is 2.42. The molecule has 3 unspecified atom stereocenters. The van der Waals surface area contributed by atoms with Crippen LogP contribution in [-0.2, 0) is 19.7 Å². The number of benzene rings is 1. The van der Waals surface area contributed by atoms with Gasteiger partial charge in [0.05, 0.1) is 0 Å². The third kappa shape index (κ3) is 5.05. The summed E-state index contributed by atoms with van der Waals surface area (Å²) in [7, 11) is 0. The first-order chi connectivity index (χ1) is 13.8. The number of carbonyl (C=O) groups is 2. The normalized spacial score (nSPS) is 25.4. The first-order valence-electron chi connectivity index (χ1n) is 10.6. The summed E-state index contributed by atoms with van der Waals surface area (Å²) in [5.74, 6) is -0.255. The van der Waals surface area contributed by atoms with E-state index >= 15 is 0 Å². The number of Topliss-reactive ketones (excluding diaryl/α,β-unsaturated/α-hetero) is 1. The van der Waals surface area contributed by atoms with Crippen LogP contribution in [0.25, 0.3) is 0 Å². The maximum atomic E-state index is 12.6. The highest BCUT2D eigenvalue weighted by molar-refractivity contribution is 5.98. The van der Waals surface area contributed by atoms with Crippen molar-refractivity contribution in [2.24, 2.45) is 11.8 Å². The van der Waals surface area contributed by atoms with Gasteiger partial charge in [0, 0.05) is 12.3 Å². The fraction of sp³-hybridized carbons (Fsp3) is 0.520. The highest BCUT2D eigenvalue weighted by Crippen LogP contribution is 2.43. The van der Waals surface area contributed by atoms with E-state index in [1.54, 1.807) is 6.08 Å². The average Bonchev–Trinajstić information content (AvgIpc) is 3.23. The molecule has 29 heavy (non-hydrogen) atoms. The number of hydrogen-bond acceptors (Lipinski definition) is 4. The van der Waals surface area contributed by atoms with Gasteiger partial charge in [-0.15, -0.1) is 0 Å². The van der Waals surface area contributed by atoms with E-state index in [1.165, 1.54) is 5.56 Å².